The normalized spacial score (nSPS) is 11.2. The summed E-state index contributed by atoms with van der Waals surface area (Å²) in [4.78, 5) is 11.9. The van der Waals surface area contributed by atoms with E-state index in [0.717, 1.165) is 11.3 Å². The van der Waals surface area contributed by atoms with Gasteiger partial charge in [-0.1, -0.05) is 11.6 Å². The van der Waals surface area contributed by atoms with E-state index in [-0.39, 0.29) is 5.78 Å². The van der Waals surface area contributed by atoms with Gasteiger partial charge in [-0.15, -0.1) is 0 Å². The van der Waals surface area contributed by atoms with Crippen molar-refractivity contribution < 1.29 is 13.6 Å². The van der Waals surface area contributed by atoms with Crippen molar-refractivity contribution in [2.45, 2.75) is 6.92 Å². The third kappa shape index (κ3) is 3.21. The molecule has 0 saturated carbocycles. The summed E-state index contributed by atoms with van der Waals surface area (Å²) in [5.41, 5.74) is 0.928. The number of halogens is 1. The number of ketones is 1. The van der Waals surface area contributed by atoms with E-state index in [0.29, 0.717) is 22.3 Å². The number of hydrogen-bond acceptors (Lipinski definition) is 3. The molecule has 2 aromatic heterocycles. The second kappa shape index (κ2) is 6.08. The monoisotopic (exact) mass is 312 g/mol. The van der Waals surface area contributed by atoms with Crippen LogP contribution in [-0.2, 0) is 0 Å². The number of hydrogen-bond donors (Lipinski definition) is 0. The number of rotatable bonds is 4. The molecule has 0 saturated heterocycles. The van der Waals surface area contributed by atoms with E-state index >= 15 is 0 Å². The molecule has 0 fully saturated rings. The van der Waals surface area contributed by atoms with Crippen LogP contribution in [0.25, 0.3) is 17.4 Å². The molecule has 0 aliphatic rings. The van der Waals surface area contributed by atoms with Gasteiger partial charge in [0.1, 0.15) is 17.3 Å². The van der Waals surface area contributed by atoms with Crippen LogP contribution in [0.5, 0.6) is 0 Å². The van der Waals surface area contributed by atoms with Gasteiger partial charge in [-0.25, -0.2) is 0 Å². The van der Waals surface area contributed by atoms with Gasteiger partial charge < -0.3 is 8.83 Å². The highest BCUT2D eigenvalue weighted by molar-refractivity contribution is 6.30. The SMILES string of the molecule is Cc1ccc(C(=O)/C=C/c2ccc(-c3ccc(Cl)cc3)o2)o1. The van der Waals surface area contributed by atoms with Crippen LogP contribution in [0.1, 0.15) is 22.1 Å². The number of benzene rings is 1. The zero-order chi connectivity index (χ0) is 15.5. The van der Waals surface area contributed by atoms with Gasteiger partial charge >= 0.3 is 0 Å². The number of carbonyl (C=O) groups is 1. The zero-order valence-corrected chi connectivity index (χ0v) is 12.6. The smallest absolute Gasteiger partial charge is 0.221 e. The molecule has 3 rings (SSSR count). The summed E-state index contributed by atoms with van der Waals surface area (Å²) in [6.07, 6.45) is 3.06. The van der Waals surface area contributed by atoms with Crippen LogP contribution >= 0.6 is 11.6 Å². The minimum atomic E-state index is -0.197. The van der Waals surface area contributed by atoms with E-state index in [1.807, 2.05) is 18.2 Å². The Morgan fingerprint density at radius 1 is 1.00 bits per heavy atom. The van der Waals surface area contributed by atoms with Gasteiger partial charge in [0.15, 0.2) is 5.76 Å². The number of aryl methyl sites for hydroxylation is 1. The Hall–Kier alpha value is -2.52. The third-order valence-electron chi connectivity index (χ3n) is 3.14. The average molecular weight is 313 g/mol. The third-order valence-corrected chi connectivity index (χ3v) is 3.39. The molecular formula is C18H13ClO3. The van der Waals surface area contributed by atoms with Crippen molar-refractivity contribution in [3.8, 4) is 11.3 Å². The standard InChI is InChI=1S/C18H13ClO3/c1-12-2-10-18(21-12)16(20)9-7-15-8-11-17(22-15)13-3-5-14(19)6-4-13/h2-11H,1H3/b9-7+. The van der Waals surface area contributed by atoms with Crippen molar-refractivity contribution in [2.24, 2.45) is 0 Å². The molecule has 3 aromatic rings. The predicted molar refractivity (Wildman–Crippen MR) is 86.0 cm³/mol. The van der Waals surface area contributed by atoms with Crippen LogP contribution < -0.4 is 0 Å². The number of allylic oxidation sites excluding steroid dienone is 1. The molecule has 0 N–H and O–H groups in total. The summed E-state index contributed by atoms with van der Waals surface area (Å²) in [5.74, 6) is 2.15. The average Bonchev–Trinajstić information content (AvgIpc) is 3.15. The van der Waals surface area contributed by atoms with E-state index in [4.69, 9.17) is 20.4 Å². The minimum absolute atomic E-state index is 0.197. The zero-order valence-electron chi connectivity index (χ0n) is 11.9. The first-order valence-electron chi connectivity index (χ1n) is 6.76. The summed E-state index contributed by atoms with van der Waals surface area (Å²) < 4.78 is 11.0. The largest absolute Gasteiger partial charge is 0.458 e. The highest BCUT2D eigenvalue weighted by atomic mass is 35.5. The second-order valence-corrected chi connectivity index (χ2v) is 5.25. The fraction of sp³-hybridized carbons (Fsp3) is 0.0556. The number of carbonyl (C=O) groups excluding carboxylic acids is 1. The molecule has 0 unspecified atom stereocenters. The van der Waals surface area contributed by atoms with Crippen molar-refractivity contribution in [1.82, 2.24) is 0 Å². The summed E-state index contributed by atoms with van der Waals surface area (Å²) in [5, 5.41) is 0.676. The van der Waals surface area contributed by atoms with E-state index in [1.54, 1.807) is 43.3 Å². The predicted octanol–water partition coefficient (Wildman–Crippen LogP) is 5.40. The van der Waals surface area contributed by atoms with Crippen LogP contribution in [0.2, 0.25) is 5.02 Å². The van der Waals surface area contributed by atoms with E-state index in [1.165, 1.54) is 6.08 Å². The van der Waals surface area contributed by atoms with Crippen molar-refractivity contribution in [3.05, 3.63) is 76.9 Å². The van der Waals surface area contributed by atoms with Crippen LogP contribution in [0.4, 0.5) is 0 Å². The highest BCUT2D eigenvalue weighted by Crippen LogP contribution is 2.24. The molecule has 2 heterocycles. The molecule has 0 aliphatic heterocycles. The topological polar surface area (TPSA) is 43.4 Å². The van der Waals surface area contributed by atoms with Crippen LogP contribution in [-0.4, -0.2) is 5.78 Å². The molecule has 0 atom stereocenters. The maximum absolute atomic E-state index is 11.9. The summed E-state index contributed by atoms with van der Waals surface area (Å²) in [6.45, 7) is 1.80. The van der Waals surface area contributed by atoms with Crippen molar-refractivity contribution >= 4 is 23.5 Å². The molecule has 110 valence electrons. The lowest BCUT2D eigenvalue weighted by Crippen LogP contribution is -1.90. The molecular weight excluding hydrogens is 300 g/mol. The molecule has 0 bridgehead atoms. The minimum Gasteiger partial charge on any atom is -0.458 e. The van der Waals surface area contributed by atoms with Gasteiger partial charge in [-0.3, -0.25) is 4.79 Å². The molecule has 0 amide bonds. The molecule has 4 heteroatoms. The second-order valence-electron chi connectivity index (χ2n) is 4.82. The lowest BCUT2D eigenvalue weighted by Gasteiger charge is -1.96. The Balaban J connectivity index is 1.75. The Kier molecular flexibility index (Phi) is 3.98. The quantitative estimate of drug-likeness (QED) is 0.478. The first kappa shape index (κ1) is 14.4. The van der Waals surface area contributed by atoms with Gasteiger partial charge in [0.25, 0.3) is 0 Å². The van der Waals surface area contributed by atoms with Crippen molar-refractivity contribution in [2.75, 3.05) is 0 Å². The first-order valence-corrected chi connectivity index (χ1v) is 7.14. The molecule has 0 radical (unpaired) electrons. The van der Waals surface area contributed by atoms with E-state index in [2.05, 4.69) is 0 Å². The van der Waals surface area contributed by atoms with E-state index in [9.17, 15) is 4.79 Å². The molecule has 1 aromatic carbocycles. The Morgan fingerprint density at radius 2 is 1.77 bits per heavy atom. The van der Waals surface area contributed by atoms with Crippen LogP contribution in [0, 0.1) is 6.92 Å². The maximum Gasteiger partial charge on any atom is 0.221 e. The summed E-state index contributed by atoms with van der Waals surface area (Å²) >= 11 is 5.86. The van der Waals surface area contributed by atoms with Gasteiger partial charge in [0.2, 0.25) is 5.78 Å². The Morgan fingerprint density at radius 3 is 2.45 bits per heavy atom. The Bertz CT molecular complexity index is 822. The molecule has 0 aliphatic carbocycles. The van der Waals surface area contributed by atoms with Gasteiger partial charge in [-0.05, 0) is 67.6 Å². The molecule has 22 heavy (non-hydrogen) atoms. The number of furan rings is 2. The van der Waals surface area contributed by atoms with Gasteiger partial charge in [0, 0.05) is 10.6 Å². The van der Waals surface area contributed by atoms with Crippen LogP contribution in [0.3, 0.4) is 0 Å². The highest BCUT2D eigenvalue weighted by Gasteiger charge is 2.07. The lowest BCUT2D eigenvalue weighted by molar-refractivity contribution is 0.102. The van der Waals surface area contributed by atoms with E-state index < -0.39 is 0 Å². The fourth-order valence-electron chi connectivity index (χ4n) is 2.02. The van der Waals surface area contributed by atoms with Crippen molar-refractivity contribution in [3.63, 3.8) is 0 Å². The molecule has 3 nitrogen and oxygen atoms in total. The molecule has 0 spiro atoms. The van der Waals surface area contributed by atoms with Gasteiger partial charge in [-0.2, -0.15) is 0 Å². The maximum atomic E-state index is 11.9. The van der Waals surface area contributed by atoms with Crippen LogP contribution in [0.15, 0.2) is 63.4 Å². The van der Waals surface area contributed by atoms with Crippen molar-refractivity contribution in [1.29, 1.82) is 0 Å². The summed E-state index contributed by atoms with van der Waals surface area (Å²) in [7, 11) is 0. The first-order chi connectivity index (χ1) is 10.6. The fourth-order valence-corrected chi connectivity index (χ4v) is 2.14. The van der Waals surface area contributed by atoms with Gasteiger partial charge in [0.05, 0.1) is 0 Å². The lowest BCUT2D eigenvalue weighted by atomic mass is 10.2. The summed E-state index contributed by atoms with van der Waals surface area (Å²) in [6, 6.07) is 14.4. The Labute approximate surface area is 132 Å².